The van der Waals surface area contributed by atoms with Crippen molar-refractivity contribution in [1.82, 2.24) is 14.5 Å². The van der Waals surface area contributed by atoms with Crippen LogP contribution < -0.4 is 5.19 Å². The maximum atomic E-state index is 9.72. The van der Waals surface area contributed by atoms with Crippen molar-refractivity contribution < 1.29 is 27.3 Å². The SMILES string of the molecule is [2H]C(C)(C)c1cc(-c2[c-]cccc2)ncc1[Si](C)(C)C.[2H]C(CC)(CC)c1c[c-]c(-c2nc3ccccc3n2-c2c(C(C)C)cc(-c3ccccc3)cc2C(C)C)c2oc3cc4c(ccc5ccccc54)cc3c12.[Ir]. The second-order valence-electron chi connectivity index (χ2n) is 21.1. The van der Waals surface area contributed by atoms with E-state index in [1.165, 1.54) is 43.9 Å². The zero-order valence-corrected chi connectivity index (χ0v) is 47.6. The molecule has 0 unspecified atom stereocenters. The van der Waals surface area contributed by atoms with Gasteiger partial charge in [-0.3, -0.25) is 4.98 Å². The average molecular weight is 1150 g/mol. The number of para-hydroxylation sites is 2. The molecule has 3 heterocycles. The second-order valence-corrected chi connectivity index (χ2v) is 26.2. The normalized spacial score (nSPS) is 12.7. The van der Waals surface area contributed by atoms with Crippen LogP contribution in [0.25, 0.3) is 94.0 Å². The van der Waals surface area contributed by atoms with Crippen LogP contribution >= 0.6 is 0 Å². The summed E-state index contributed by atoms with van der Waals surface area (Å²) in [6.07, 6.45) is 3.34. The van der Waals surface area contributed by atoms with Crippen molar-refractivity contribution in [2.45, 2.75) is 111 Å². The molecule has 371 valence electrons. The number of hydrogen-bond donors (Lipinski definition) is 0. The third-order valence-corrected chi connectivity index (χ3v) is 16.4. The summed E-state index contributed by atoms with van der Waals surface area (Å²) in [5.41, 5.74) is 14.4. The number of fused-ring (bicyclic) bond motifs is 7. The zero-order valence-electron chi connectivity index (χ0n) is 46.2. The molecule has 8 aromatic carbocycles. The summed E-state index contributed by atoms with van der Waals surface area (Å²) in [6.45, 7) is 24.2. The average Bonchev–Trinajstić information content (AvgIpc) is 3.98. The van der Waals surface area contributed by atoms with Crippen molar-refractivity contribution >= 4 is 67.8 Å². The van der Waals surface area contributed by atoms with E-state index >= 15 is 0 Å². The first kappa shape index (κ1) is 48.8. The van der Waals surface area contributed by atoms with E-state index in [4.69, 9.17) is 10.8 Å². The number of hydrogen-bond acceptors (Lipinski definition) is 3. The Kier molecular flexibility index (Phi) is 14.2. The maximum absolute atomic E-state index is 9.72. The Morgan fingerprint density at radius 3 is 1.99 bits per heavy atom. The minimum absolute atomic E-state index is 0. The van der Waals surface area contributed by atoms with E-state index in [1.54, 1.807) is 0 Å². The van der Waals surface area contributed by atoms with Gasteiger partial charge in [-0.15, -0.1) is 53.6 Å². The van der Waals surface area contributed by atoms with E-state index in [-0.39, 0.29) is 31.9 Å². The van der Waals surface area contributed by atoms with E-state index in [9.17, 15) is 1.37 Å². The molecule has 0 spiro atoms. The molecule has 11 aromatic rings. The van der Waals surface area contributed by atoms with E-state index in [0.29, 0.717) is 12.8 Å². The minimum atomic E-state index is -1.50. The molecule has 0 aliphatic rings. The first-order valence-corrected chi connectivity index (χ1v) is 29.3. The number of furan rings is 1. The summed E-state index contributed by atoms with van der Waals surface area (Å²) in [5.74, 6) is -0.129. The van der Waals surface area contributed by atoms with Gasteiger partial charge in [0.15, 0.2) is 0 Å². The molecule has 0 aliphatic heterocycles. The standard InChI is InChI=1S/C50H45N2O.C17H22NSi.Ir/c1-7-32(8-2)38-24-25-39(49-47(38)43-26-35-23-22-34-18-12-13-19-37(34)42(35)29-46(43)53-49)50-51-44-20-14-15-21-45(44)52(50)48-40(30(3)4)27-36(28-41(48)31(5)6)33-16-10-9-11-17-33;1-13(2)15-11-16(14-9-7-6-8-10-14)18-12-17(15)19(3,4)5;/h9-24,26-32H,7-8H2,1-6H3;6-9,11-13H,1-5H3;/q2*-1;/i32D;13D;. The van der Waals surface area contributed by atoms with E-state index < -0.39 is 19.9 Å². The van der Waals surface area contributed by atoms with Crippen LogP contribution in [-0.4, -0.2) is 22.6 Å². The Labute approximate surface area is 450 Å². The summed E-state index contributed by atoms with van der Waals surface area (Å²) in [4.78, 5) is 10.0. The van der Waals surface area contributed by atoms with E-state index in [0.717, 1.165) is 77.5 Å². The van der Waals surface area contributed by atoms with Gasteiger partial charge in [-0.05, 0) is 109 Å². The zero-order chi connectivity index (χ0) is 52.3. The molecule has 0 saturated carbocycles. The van der Waals surface area contributed by atoms with Gasteiger partial charge in [-0.2, -0.15) is 0 Å². The Balaban J connectivity index is 0.000000277. The third kappa shape index (κ3) is 9.78. The first-order valence-electron chi connectivity index (χ1n) is 26.8. The molecule has 0 N–H and O–H groups in total. The summed E-state index contributed by atoms with van der Waals surface area (Å²) >= 11 is 0. The van der Waals surface area contributed by atoms with E-state index in [2.05, 4.69) is 210 Å². The molecule has 0 bridgehead atoms. The molecule has 11 rings (SSSR count). The molecule has 4 nitrogen and oxygen atoms in total. The fourth-order valence-corrected chi connectivity index (χ4v) is 12.2. The van der Waals surface area contributed by atoms with Crippen LogP contribution in [0.3, 0.4) is 0 Å². The predicted molar refractivity (Wildman–Crippen MR) is 310 cm³/mol. The maximum Gasteiger partial charge on any atom is 0.121 e. The molecule has 0 amide bonds. The van der Waals surface area contributed by atoms with Crippen LogP contribution in [0.4, 0.5) is 0 Å². The van der Waals surface area contributed by atoms with Crippen molar-refractivity contribution in [2.24, 2.45) is 0 Å². The van der Waals surface area contributed by atoms with E-state index in [1.807, 2.05) is 44.3 Å². The summed E-state index contributed by atoms with van der Waals surface area (Å²) < 4.78 is 27.6. The van der Waals surface area contributed by atoms with Crippen molar-refractivity contribution in [1.29, 1.82) is 0 Å². The number of rotatable bonds is 11. The first-order chi connectivity index (χ1) is 35.4. The van der Waals surface area contributed by atoms with Crippen LogP contribution in [-0.2, 0) is 20.1 Å². The number of pyridine rings is 1. The molecule has 0 fully saturated rings. The molecule has 3 aromatic heterocycles. The molecule has 6 heteroatoms. The topological polar surface area (TPSA) is 43.9 Å². The number of aromatic nitrogens is 3. The fraction of sp³-hybridized carbons (Fsp3) is 0.254. The summed E-state index contributed by atoms with van der Waals surface area (Å²) in [7, 11) is -1.50. The number of benzene rings is 8. The Morgan fingerprint density at radius 2 is 1.32 bits per heavy atom. The summed E-state index contributed by atoms with van der Waals surface area (Å²) in [5, 5.41) is 7.99. The molecule has 0 aliphatic carbocycles. The van der Waals surface area contributed by atoms with Crippen molar-refractivity contribution in [2.75, 3.05) is 0 Å². The van der Waals surface area contributed by atoms with Crippen LogP contribution in [0.5, 0.6) is 0 Å². The van der Waals surface area contributed by atoms with Crippen molar-refractivity contribution in [3.05, 3.63) is 192 Å². The quantitative estimate of drug-likeness (QED) is 0.0736. The molecular weight excluding hydrogens is 1080 g/mol. The van der Waals surface area contributed by atoms with Crippen LogP contribution in [0, 0.1) is 12.1 Å². The van der Waals surface area contributed by atoms with Gasteiger partial charge in [-0.1, -0.05) is 195 Å². The largest absolute Gasteiger partial charge is 0.501 e. The molecule has 1 radical (unpaired) electrons. The number of nitrogens with zero attached hydrogens (tertiary/aromatic N) is 3. The molecule has 0 saturated heterocycles. The third-order valence-electron chi connectivity index (χ3n) is 14.4. The Bertz CT molecular complexity index is 3830. The van der Waals surface area contributed by atoms with Crippen LogP contribution in [0.2, 0.25) is 19.6 Å². The van der Waals surface area contributed by atoms with Gasteiger partial charge >= 0.3 is 0 Å². The smallest absolute Gasteiger partial charge is 0.121 e. The fourth-order valence-electron chi connectivity index (χ4n) is 10.6. The minimum Gasteiger partial charge on any atom is -0.501 e. The molecule has 73 heavy (non-hydrogen) atoms. The van der Waals surface area contributed by atoms with Crippen molar-refractivity contribution in [3.8, 4) is 39.5 Å². The van der Waals surface area contributed by atoms with Crippen LogP contribution in [0.15, 0.2) is 162 Å². The van der Waals surface area contributed by atoms with Gasteiger partial charge in [0, 0.05) is 40.1 Å². The van der Waals surface area contributed by atoms with Crippen LogP contribution in [0.1, 0.15) is 117 Å². The monoisotopic (exact) mass is 1150 g/mol. The number of imidazole rings is 1. The predicted octanol–water partition coefficient (Wildman–Crippen LogP) is 18.7. The Hall–Kier alpha value is -6.43. The summed E-state index contributed by atoms with van der Waals surface area (Å²) in [6, 6.07) is 60.2. The van der Waals surface area contributed by atoms with Gasteiger partial charge in [0.05, 0.1) is 30.5 Å². The van der Waals surface area contributed by atoms with Gasteiger partial charge in [0.2, 0.25) is 0 Å². The van der Waals surface area contributed by atoms with Gasteiger partial charge in [-0.25, -0.2) is 0 Å². The molecule has 0 atom stereocenters. The van der Waals surface area contributed by atoms with Gasteiger partial charge < -0.3 is 14.0 Å². The van der Waals surface area contributed by atoms with Gasteiger partial charge in [0.25, 0.3) is 0 Å². The second kappa shape index (κ2) is 21.2. The van der Waals surface area contributed by atoms with Gasteiger partial charge in [0.1, 0.15) is 5.58 Å². The van der Waals surface area contributed by atoms with Crippen molar-refractivity contribution in [3.63, 3.8) is 0 Å². The molecular formula is C67H67IrN3OSi-2. The Morgan fingerprint density at radius 1 is 0.644 bits per heavy atom.